The van der Waals surface area contributed by atoms with Crippen LogP contribution < -0.4 is 21.1 Å². The Morgan fingerprint density at radius 2 is 1.00 bits per heavy atom. The van der Waals surface area contributed by atoms with Crippen LogP contribution in [-0.2, 0) is 0 Å². The molecule has 3 rings (SSSR count). The van der Waals surface area contributed by atoms with Gasteiger partial charge in [-0.2, -0.15) is 0 Å². The lowest BCUT2D eigenvalue weighted by Crippen LogP contribution is -2.53. The van der Waals surface area contributed by atoms with Crippen molar-refractivity contribution in [3.05, 3.63) is 84.9 Å². The van der Waals surface area contributed by atoms with Crippen molar-refractivity contribution >= 4 is 37.1 Å². The second kappa shape index (κ2) is 8.80. The van der Waals surface area contributed by atoms with Gasteiger partial charge in [0.05, 0.1) is 8.07 Å². The van der Waals surface area contributed by atoms with Gasteiger partial charge in [-0.3, -0.25) is 0 Å². The number of benzene rings is 3. The van der Waals surface area contributed by atoms with Gasteiger partial charge in [0, 0.05) is 0 Å². The van der Waals surface area contributed by atoms with Crippen molar-refractivity contribution < 1.29 is 0 Å². The zero-order valence-corrected chi connectivity index (χ0v) is 18.0. The third-order valence-corrected chi connectivity index (χ3v) is 14.1. The van der Waals surface area contributed by atoms with Gasteiger partial charge in [0.25, 0.3) is 0 Å². The molecule has 0 fully saturated rings. The molecule has 2 heteroatoms. The Bertz CT molecular complexity index is 762. The Labute approximate surface area is 161 Å². The third-order valence-electron chi connectivity index (χ3n) is 5.78. The molecule has 0 nitrogen and oxygen atoms in total. The molecular weight excluding hydrogens is 347 g/mol. The fourth-order valence-corrected chi connectivity index (χ4v) is 11.1. The summed E-state index contributed by atoms with van der Waals surface area (Å²) in [5.74, 6) is 0. The molecule has 26 heavy (non-hydrogen) atoms. The minimum Gasteiger partial charge on any atom is -0.0675 e. The quantitative estimate of drug-likeness (QED) is 0.395. The van der Waals surface area contributed by atoms with Crippen molar-refractivity contribution in [2.45, 2.75) is 38.9 Å². The maximum absolute atomic E-state index is 2.44. The first kappa shape index (κ1) is 19.1. The summed E-state index contributed by atoms with van der Waals surface area (Å²) in [5, 5.41) is 6.17. The van der Waals surface area contributed by atoms with Crippen LogP contribution in [0.1, 0.15) is 20.8 Å². The molecule has 0 aromatic heterocycles. The number of rotatable bonds is 7. The van der Waals surface area contributed by atoms with Gasteiger partial charge in [0.15, 0.2) is 0 Å². The molecule has 0 aliphatic heterocycles. The van der Waals surface area contributed by atoms with E-state index >= 15 is 0 Å². The second-order valence-corrected chi connectivity index (χ2v) is 14.3. The lowest BCUT2D eigenvalue weighted by Gasteiger charge is -2.33. The van der Waals surface area contributed by atoms with Crippen molar-refractivity contribution in [2.24, 2.45) is 0 Å². The van der Waals surface area contributed by atoms with E-state index in [1.807, 2.05) is 0 Å². The average molecular weight is 377 g/mol. The van der Waals surface area contributed by atoms with Crippen LogP contribution in [0.3, 0.4) is 0 Å². The van der Waals surface area contributed by atoms with E-state index in [1.54, 1.807) is 10.5 Å². The van der Waals surface area contributed by atoms with E-state index in [2.05, 4.69) is 106 Å². The smallest absolute Gasteiger partial charge is 0.0675 e. The first-order chi connectivity index (χ1) is 12.8. The predicted molar refractivity (Wildman–Crippen MR) is 122 cm³/mol. The van der Waals surface area contributed by atoms with Crippen molar-refractivity contribution in [3.63, 3.8) is 0 Å². The van der Waals surface area contributed by atoms with Crippen LogP contribution in [0.25, 0.3) is 0 Å². The van der Waals surface area contributed by atoms with E-state index in [0.717, 1.165) is 0 Å². The highest BCUT2D eigenvalue weighted by atomic mass is 31.1. The Morgan fingerprint density at radius 1 is 0.577 bits per heavy atom. The summed E-state index contributed by atoms with van der Waals surface area (Å²) in [4.78, 5) is 0. The first-order valence-electron chi connectivity index (χ1n) is 9.75. The maximum Gasteiger partial charge on any atom is 0.0867 e. The molecule has 0 radical (unpaired) electrons. The Balaban J connectivity index is 2.24. The number of hydrogen-bond donors (Lipinski definition) is 0. The molecule has 3 aromatic rings. The summed E-state index contributed by atoms with van der Waals surface area (Å²) in [5.41, 5.74) is 0. The molecule has 3 aromatic carbocycles. The highest BCUT2D eigenvalue weighted by Crippen LogP contribution is 2.33. The lowest BCUT2D eigenvalue weighted by atomic mass is 10.3. The maximum atomic E-state index is 2.44. The summed E-state index contributed by atoms with van der Waals surface area (Å²) >= 11 is 0. The molecule has 0 saturated carbocycles. The minimum absolute atomic E-state index is 0.513. The molecule has 0 unspecified atom stereocenters. The van der Waals surface area contributed by atoms with E-state index in [-0.39, 0.29) is 0 Å². The molecule has 0 aliphatic carbocycles. The normalized spacial score (nSPS) is 11.7. The van der Waals surface area contributed by atoms with Crippen LogP contribution in [0.5, 0.6) is 0 Å². The van der Waals surface area contributed by atoms with E-state index in [1.165, 1.54) is 28.7 Å². The fourth-order valence-electron chi connectivity index (χ4n) is 4.02. The van der Waals surface area contributed by atoms with Gasteiger partial charge in [-0.05, 0) is 23.8 Å². The van der Waals surface area contributed by atoms with Crippen molar-refractivity contribution in [3.8, 4) is 0 Å². The Morgan fingerprint density at radius 3 is 1.46 bits per heavy atom. The third kappa shape index (κ3) is 3.70. The van der Waals surface area contributed by atoms with E-state index in [4.69, 9.17) is 0 Å². The lowest BCUT2D eigenvalue weighted by molar-refractivity contribution is 1.20. The molecule has 0 bridgehead atoms. The molecule has 134 valence electrons. The SMILES string of the molecule is CC[Si](CC)(CC)c1ccccc1P(c1ccccc1)c1ccccc1. The highest BCUT2D eigenvalue weighted by Gasteiger charge is 2.33. The van der Waals surface area contributed by atoms with Crippen molar-refractivity contribution in [1.82, 2.24) is 0 Å². The molecule has 0 spiro atoms. The van der Waals surface area contributed by atoms with Gasteiger partial charge in [-0.1, -0.05) is 129 Å². The van der Waals surface area contributed by atoms with Gasteiger partial charge < -0.3 is 0 Å². The molecular formula is C24H29PSi. The first-order valence-corrected chi connectivity index (χ1v) is 13.7. The summed E-state index contributed by atoms with van der Waals surface area (Å²) < 4.78 is 0. The number of hydrogen-bond acceptors (Lipinski definition) is 0. The standard InChI is InChI=1S/C24H29PSi/c1-4-26(5-2,6-3)24-20-14-13-19-23(24)25(21-15-9-7-10-16-21)22-17-11-8-12-18-22/h7-20H,4-6H2,1-3H3. The summed E-state index contributed by atoms with van der Waals surface area (Å²) in [6, 6.07) is 35.5. The summed E-state index contributed by atoms with van der Waals surface area (Å²) in [6.07, 6.45) is 0. The van der Waals surface area contributed by atoms with Gasteiger partial charge >= 0.3 is 0 Å². The minimum atomic E-state index is -1.45. The van der Waals surface area contributed by atoms with Crippen LogP contribution in [-0.4, -0.2) is 8.07 Å². The average Bonchev–Trinajstić information content (AvgIpc) is 2.73. The Kier molecular flexibility index (Phi) is 6.46. The van der Waals surface area contributed by atoms with Crippen LogP contribution in [0.4, 0.5) is 0 Å². The van der Waals surface area contributed by atoms with Crippen molar-refractivity contribution in [2.75, 3.05) is 0 Å². The largest absolute Gasteiger partial charge is 0.0867 e. The topological polar surface area (TPSA) is 0 Å². The fraction of sp³-hybridized carbons (Fsp3) is 0.250. The van der Waals surface area contributed by atoms with Gasteiger partial charge in [0.2, 0.25) is 0 Å². The van der Waals surface area contributed by atoms with Crippen molar-refractivity contribution in [1.29, 1.82) is 0 Å². The second-order valence-electron chi connectivity index (χ2n) is 6.86. The molecule has 0 heterocycles. The van der Waals surface area contributed by atoms with Crippen LogP contribution in [0.2, 0.25) is 18.1 Å². The van der Waals surface area contributed by atoms with Gasteiger partial charge in [-0.25, -0.2) is 0 Å². The van der Waals surface area contributed by atoms with E-state index in [0.29, 0.717) is 0 Å². The summed E-state index contributed by atoms with van der Waals surface area (Å²) in [6.45, 7) is 7.22. The zero-order valence-electron chi connectivity index (χ0n) is 16.2. The monoisotopic (exact) mass is 376 g/mol. The van der Waals surface area contributed by atoms with Crippen LogP contribution >= 0.6 is 7.92 Å². The Hall–Kier alpha value is -1.69. The molecule has 0 saturated heterocycles. The molecule has 0 aliphatic rings. The van der Waals surface area contributed by atoms with Crippen LogP contribution in [0.15, 0.2) is 84.9 Å². The van der Waals surface area contributed by atoms with E-state index in [9.17, 15) is 0 Å². The zero-order chi connectivity index (χ0) is 18.4. The van der Waals surface area contributed by atoms with Gasteiger partial charge in [-0.15, -0.1) is 0 Å². The van der Waals surface area contributed by atoms with E-state index < -0.39 is 16.0 Å². The molecule has 0 atom stereocenters. The van der Waals surface area contributed by atoms with Gasteiger partial charge in [0.1, 0.15) is 0 Å². The van der Waals surface area contributed by atoms with Crippen LogP contribution in [0, 0.1) is 0 Å². The molecule has 0 amide bonds. The highest BCUT2D eigenvalue weighted by molar-refractivity contribution is 7.80. The molecule has 0 N–H and O–H groups in total. The summed E-state index contributed by atoms with van der Waals surface area (Å²) in [7, 11) is -1.96. The predicted octanol–water partition coefficient (Wildman–Crippen LogP) is 5.16.